The van der Waals surface area contributed by atoms with Crippen molar-refractivity contribution in [3.05, 3.63) is 34.2 Å². The average molecular weight is 343 g/mol. The highest BCUT2D eigenvalue weighted by Gasteiger charge is 2.52. The van der Waals surface area contributed by atoms with Gasteiger partial charge in [0.15, 0.2) is 5.75 Å². The van der Waals surface area contributed by atoms with E-state index in [9.17, 15) is 4.79 Å². The van der Waals surface area contributed by atoms with Crippen LogP contribution in [0.2, 0.25) is 0 Å². The number of H-pyrrole nitrogens is 1. The van der Waals surface area contributed by atoms with Gasteiger partial charge in [0, 0.05) is 36.6 Å². The lowest BCUT2D eigenvalue weighted by Crippen LogP contribution is -2.68. The molecular formula is C20H29N3O2. The Morgan fingerprint density at radius 3 is 2.56 bits per heavy atom. The lowest BCUT2D eigenvalue weighted by Gasteiger charge is -2.59. The van der Waals surface area contributed by atoms with Gasteiger partial charge in [-0.25, -0.2) is 0 Å². The Labute approximate surface area is 148 Å². The zero-order chi connectivity index (χ0) is 17.8. The Morgan fingerprint density at radius 2 is 2.00 bits per heavy atom. The number of hydrogen-bond donors (Lipinski definition) is 2. The minimum Gasteiger partial charge on any atom is -0.491 e. The summed E-state index contributed by atoms with van der Waals surface area (Å²) in [6, 6.07) is 2.16. The maximum atomic E-state index is 12.1. The second-order valence-corrected chi connectivity index (χ2v) is 8.98. The van der Waals surface area contributed by atoms with Gasteiger partial charge >= 0.3 is 0 Å². The third-order valence-corrected chi connectivity index (χ3v) is 6.45. The van der Waals surface area contributed by atoms with Gasteiger partial charge in [0.25, 0.3) is 0 Å². The van der Waals surface area contributed by atoms with Crippen LogP contribution in [0.1, 0.15) is 57.9 Å². The number of methoxy groups -OCH3 is 1. The fraction of sp³-hybridized carbons (Fsp3) is 0.650. The molecule has 5 heteroatoms. The number of nitrogens with zero attached hydrogens (tertiary/aromatic N) is 1. The van der Waals surface area contributed by atoms with E-state index in [1.165, 1.54) is 31.2 Å². The molecule has 136 valence electrons. The van der Waals surface area contributed by atoms with Crippen LogP contribution in [0.4, 0.5) is 0 Å². The van der Waals surface area contributed by atoms with E-state index < -0.39 is 0 Å². The van der Waals surface area contributed by atoms with Gasteiger partial charge in [0.2, 0.25) is 5.43 Å². The van der Waals surface area contributed by atoms with Crippen molar-refractivity contribution in [1.29, 1.82) is 0 Å². The van der Waals surface area contributed by atoms with Crippen molar-refractivity contribution in [2.45, 2.75) is 58.4 Å². The number of aromatic nitrogens is 2. The molecule has 4 rings (SSSR count). The maximum absolute atomic E-state index is 12.1. The van der Waals surface area contributed by atoms with Crippen LogP contribution in [0.3, 0.4) is 0 Å². The van der Waals surface area contributed by atoms with Crippen molar-refractivity contribution in [3.63, 3.8) is 0 Å². The molecule has 0 aromatic carbocycles. The van der Waals surface area contributed by atoms with Crippen LogP contribution in [0.25, 0.3) is 5.52 Å². The number of aromatic amines is 1. The molecular weight excluding hydrogens is 314 g/mol. The minimum absolute atomic E-state index is 0.0494. The topological polar surface area (TPSA) is 58.5 Å². The number of hydrogen-bond acceptors (Lipinski definition) is 3. The Bertz CT molecular complexity index is 835. The van der Waals surface area contributed by atoms with Gasteiger partial charge in [-0.15, -0.1) is 0 Å². The molecule has 5 nitrogen and oxygen atoms in total. The molecule has 3 heterocycles. The monoisotopic (exact) mass is 343 g/mol. The Balaban J connectivity index is 1.61. The van der Waals surface area contributed by atoms with E-state index in [0.717, 1.165) is 12.1 Å². The van der Waals surface area contributed by atoms with Crippen LogP contribution >= 0.6 is 0 Å². The van der Waals surface area contributed by atoms with Gasteiger partial charge in [-0.05, 0) is 42.4 Å². The molecule has 1 unspecified atom stereocenters. The lowest BCUT2D eigenvalue weighted by molar-refractivity contribution is -0.0273. The molecule has 0 amide bonds. The van der Waals surface area contributed by atoms with Gasteiger partial charge in [0.1, 0.15) is 5.52 Å². The number of rotatable bonds is 2. The molecule has 1 aliphatic carbocycles. The number of nitrogens with one attached hydrogen (secondary N) is 2. The van der Waals surface area contributed by atoms with Crippen LogP contribution in [0.5, 0.6) is 5.75 Å². The third kappa shape index (κ3) is 2.51. The quantitative estimate of drug-likeness (QED) is 0.880. The minimum atomic E-state index is -0.0494. The molecule has 0 radical (unpaired) electrons. The first-order valence-electron chi connectivity index (χ1n) is 9.36. The molecule has 1 spiro atoms. The van der Waals surface area contributed by atoms with Crippen LogP contribution in [-0.4, -0.2) is 29.3 Å². The molecule has 2 aromatic heterocycles. The predicted octanol–water partition coefficient (Wildman–Crippen LogP) is 3.30. The van der Waals surface area contributed by atoms with E-state index in [1.807, 2.05) is 4.52 Å². The summed E-state index contributed by atoms with van der Waals surface area (Å²) < 4.78 is 7.33. The first kappa shape index (κ1) is 16.7. The van der Waals surface area contributed by atoms with E-state index in [-0.39, 0.29) is 5.43 Å². The Morgan fingerprint density at radius 1 is 1.28 bits per heavy atom. The predicted molar refractivity (Wildman–Crippen MR) is 99.5 cm³/mol. The number of pyridine rings is 1. The summed E-state index contributed by atoms with van der Waals surface area (Å²) in [5.41, 5.74) is 2.86. The summed E-state index contributed by atoms with van der Waals surface area (Å²) in [7, 11) is 1.58. The van der Waals surface area contributed by atoms with E-state index in [2.05, 4.69) is 37.4 Å². The van der Waals surface area contributed by atoms with E-state index in [4.69, 9.17) is 4.74 Å². The third-order valence-electron chi connectivity index (χ3n) is 6.45. The number of ether oxygens (including phenoxy) is 1. The summed E-state index contributed by atoms with van der Waals surface area (Å²) >= 11 is 0. The van der Waals surface area contributed by atoms with Gasteiger partial charge in [-0.3, -0.25) is 9.31 Å². The molecule has 2 N–H and O–H groups in total. The van der Waals surface area contributed by atoms with Gasteiger partial charge in [-0.2, -0.15) is 0 Å². The lowest BCUT2D eigenvalue weighted by atomic mass is 9.56. The van der Waals surface area contributed by atoms with E-state index in [0.29, 0.717) is 28.5 Å². The molecule has 1 aliphatic heterocycles. The molecule has 1 saturated heterocycles. The summed E-state index contributed by atoms with van der Waals surface area (Å²) in [6.45, 7) is 8.18. The molecule has 1 atom stereocenters. The molecule has 0 bridgehead atoms. The summed E-state index contributed by atoms with van der Waals surface area (Å²) in [6.07, 6.45) is 8.70. The molecule has 2 aromatic rings. The fourth-order valence-corrected chi connectivity index (χ4v) is 5.30. The molecule has 2 aliphatic rings. The first-order chi connectivity index (χ1) is 11.9. The standard InChI is InChI=1S/C20H29N3O2/c1-19(2,3)18-20(12-21-18)8-5-13(6-9-20)14-11-22-23-10-7-15(24)17(25-4)16(14)23/h7,10-11,13,18,21-22H,5-6,8-9,12H2,1-4H3. The van der Waals surface area contributed by atoms with Crippen LogP contribution in [-0.2, 0) is 0 Å². The van der Waals surface area contributed by atoms with Crippen LogP contribution in [0, 0.1) is 10.8 Å². The van der Waals surface area contributed by atoms with Gasteiger partial charge in [-0.1, -0.05) is 20.8 Å². The Kier molecular flexibility index (Phi) is 3.76. The van der Waals surface area contributed by atoms with Gasteiger partial charge in [0.05, 0.1) is 7.11 Å². The molecule has 25 heavy (non-hydrogen) atoms. The van der Waals surface area contributed by atoms with Crippen molar-refractivity contribution < 1.29 is 4.74 Å². The fourth-order valence-electron chi connectivity index (χ4n) is 5.30. The normalized spacial score (nSPS) is 29.8. The van der Waals surface area contributed by atoms with Crippen LogP contribution < -0.4 is 15.5 Å². The second kappa shape index (κ2) is 5.63. The van der Waals surface area contributed by atoms with Crippen molar-refractivity contribution in [3.8, 4) is 5.75 Å². The largest absolute Gasteiger partial charge is 0.491 e. The Hall–Kier alpha value is -1.75. The highest BCUT2D eigenvalue weighted by molar-refractivity contribution is 5.65. The summed E-state index contributed by atoms with van der Waals surface area (Å²) in [5.74, 6) is 0.945. The highest BCUT2D eigenvalue weighted by Crippen LogP contribution is 2.53. The van der Waals surface area contributed by atoms with Gasteiger partial charge < -0.3 is 15.2 Å². The van der Waals surface area contributed by atoms with Crippen molar-refractivity contribution in [2.75, 3.05) is 13.7 Å². The first-order valence-corrected chi connectivity index (χ1v) is 9.36. The number of fused-ring (bicyclic) bond motifs is 1. The van der Waals surface area contributed by atoms with Crippen molar-refractivity contribution in [2.24, 2.45) is 10.8 Å². The zero-order valence-corrected chi connectivity index (χ0v) is 15.7. The van der Waals surface area contributed by atoms with E-state index >= 15 is 0 Å². The van der Waals surface area contributed by atoms with Crippen LogP contribution in [0.15, 0.2) is 23.3 Å². The second-order valence-electron chi connectivity index (χ2n) is 8.98. The summed E-state index contributed by atoms with van der Waals surface area (Å²) in [5, 5.41) is 6.93. The molecule has 2 fully saturated rings. The van der Waals surface area contributed by atoms with E-state index in [1.54, 1.807) is 19.4 Å². The van der Waals surface area contributed by atoms with Crippen molar-refractivity contribution in [1.82, 2.24) is 14.9 Å². The maximum Gasteiger partial charge on any atom is 0.224 e. The summed E-state index contributed by atoms with van der Waals surface area (Å²) in [4.78, 5) is 12.1. The highest BCUT2D eigenvalue weighted by atomic mass is 16.5. The zero-order valence-electron chi connectivity index (χ0n) is 15.7. The smallest absolute Gasteiger partial charge is 0.224 e. The average Bonchev–Trinajstić information content (AvgIpc) is 2.96. The van der Waals surface area contributed by atoms with Crippen molar-refractivity contribution >= 4 is 5.52 Å². The SMILES string of the molecule is COc1c(=O)ccn2[nH]cc(C3CCC4(CC3)CNC4C(C)(C)C)c12. The molecule has 1 saturated carbocycles.